The van der Waals surface area contributed by atoms with Gasteiger partial charge in [-0.1, -0.05) is 32.9 Å². The number of aromatic nitrogens is 1. The third-order valence-corrected chi connectivity index (χ3v) is 7.04. The van der Waals surface area contributed by atoms with Crippen LogP contribution >= 0.6 is 0 Å². The van der Waals surface area contributed by atoms with Gasteiger partial charge >= 0.3 is 0 Å². The zero-order valence-corrected chi connectivity index (χ0v) is 20.7. The van der Waals surface area contributed by atoms with Crippen LogP contribution in [0.4, 0.5) is 11.5 Å². The number of rotatable bonds is 9. The topological polar surface area (TPSA) is 103 Å². The van der Waals surface area contributed by atoms with Gasteiger partial charge in [0.25, 0.3) is 15.9 Å². The van der Waals surface area contributed by atoms with Crippen LogP contribution in [0.15, 0.2) is 41.4 Å². The van der Waals surface area contributed by atoms with Crippen molar-refractivity contribution in [3.05, 3.63) is 47.7 Å². The molecule has 1 atom stereocenters. The summed E-state index contributed by atoms with van der Waals surface area (Å²) >= 11 is 0. The van der Waals surface area contributed by atoms with E-state index in [9.17, 15) is 13.2 Å². The normalized spacial score (nSPS) is 15.4. The number of carbonyl (C=O) groups excluding carboxylic acids is 1. The third-order valence-electron chi connectivity index (χ3n) is 5.65. The van der Waals surface area contributed by atoms with Crippen molar-refractivity contribution in [1.29, 1.82) is 0 Å². The molecule has 1 saturated heterocycles. The molecule has 1 amide bonds. The van der Waals surface area contributed by atoms with Gasteiger partial charge in [-0.2, -0.15) is 0 Å². The predicted octanol–water partition coefficient (Wildman–Crippen LogP) is 3.02. The van der Waals surface area contributed by atoms with Crippen LogP contribution in [0.3, 0.4) is 0 Å². The molecule has 2 heterocycles. The Morgan fingerprint density at radius 1 is 1.15 bits per heavy atom. The van der Waals surface area contributed by atoms with Crippen molar-refractivity contribution in [2.24, 2.45) is 5.92 Å². The molecule has 3 N–H and O–H groups in total. The van der Waals surface area contributed by atoms with Gasteiger partial charge in [0, 0.05) is 32.2 Å². The molecule has 1 fully saturated rings. The summed E-state index contributed by atoms with van der Waals surface area (Å²) in [6.45, 7) is 11.2. The van der Waals surface area contributed by atoms with Gasteiger partial charge in [0.15, 0.2) is 0 Å². The maximum atomic E-state index is 13.0. The molecule has 8 nitrogen and oxygen atoms in total. The van der Waals surface area contributed by atoms with Crippen LogP contribution in [0.25, 0.3) is 0 Å². The van der Waals surface area contributed by atoms with Gasteiger partial charge < -0.3 is 15.5 Å². The van der Waals surface area contributed by atoms with Crippen molar-refractivity contribution in [3.8, 4) is 0 Å². The first-order chi connectivity index (χ1) is 15.7. The fourth-order valence-electron chi connectivity index (χ4n) is 3.70. The lowest BCUT2D eigenvalue weighted by molar-refractivity contribution is 0.0939. The zero-order valence-electron chi connectivity index (χ0n) is 19.9. The molecule has 180 valence electrons. The molecule has 0 unspecified atom stereocenters. The lowest BCUT2D eigenvalue weighted by Gasteiger charge is -2.30. The molecule has 0 radical (unpaired) electrons. The minimum absolute atomic E-state index is 0.00178. The summed E-state index contributed by atoms with van der Waals surface area (Å²) in [5, 5.41) is 6.26. The molecule has 0 saturated carbocycles. The summed E-state index contributed by atoms with van der Waals surface area (Å²) in [6, 6.07) is 8.47. The Labute approximate surface area is 197 Å². The van der Waals surface area contributed by atoms with Crippen molar-refractivity contribution in [2.75, 3.05) is 35.8 Å². The molecule has 2 aromatic rings. The van der Waals surface area contributed by atoms with E-state index >= 15 is 0 Å². The van der Waals surface area contributed by atoms with E-state index in [2.05, 4.69) is 34.2 Å². The molecule has 33 heavy (non-hydrogen) atoms. The average molecular weight is 474 g/mol. The quantitative estimate of drug-likeness (QED) is 0.517. The zero-order chi connectivity index (χ0) is 24.0. The van der Waals surface area contributed by atoms with Crippen LogP contribution < -0.4 is 20.3 Å². The number of benzene rings is 1. The van der Waals surface area contributed by atoms with Gasteiger partial charge in [-0.3, -0.25) is 9.52 Å². The summed E-state index contributed by atoms with van der Waals surface area (Å²) < 4.78 is 28.5. The van der Waals surface area contributed by atoms with Gasteiger partial charge in [0.05, 0.1) is 22.3 Å². The lowest BCUT2D eigenvalue weighted by Crippen LogP contribution is -2.45. The van der Waals surface area contributed by atoms with E-state index in [-0.39, 0.29) is 22.5 Å². The van der Waals surface area contributed by atoms with E-state index in [1.54, 1.807) is 18.2 Å². The van der Waals surface area contributed by atoms with Crippen LogP contribution in [0.1, 0.15) is 50.0 Å². The van der Waals surface area contributed by atoms with Crippen LogP contribution in [-0.4, -0.2) is 51.5 Å². The molecule has 1 aliphatic rings. The molecule has 0 aliphatic carbocycles. The molecule has 1 aliphatic heterocycles. The van der Waals surface area contributed by atoms with Crippen molar-refractivity contribution >= 4 is 27.4 Å². The number of piperazine rings is 1. The second kappa shape index (κ2) is 11.0. The van der Waals surface area contributed by atoms with Crippen LogP contribution in [0, 0.1) is 5.92 Å². The highest BCUT2D eigenvalue weighted by atomic mass is 32.2. The maximum Gasteiger partial charge on any atom is 0.261 e. The van der Waals surface area contributed by atoms with Crippen molar-refractivity contribution in [2.45, 2.75) is 51.5 Å². The van der Waals surface area contributed by atoms with Crippen LogP contribution in [-0.2, 0) is 16.4 Å². The molecule has 0 bridgehead atoms. The molecular weight excluding hydrogens is 438 g/mol. The van der Waals surface area contributed by atoms with Crippen molar-refractivity contribution in [1.82, 2.24) is 15.6 Å². The Morgan fingerprint density at radius 2 is 1.82 bits per heavy atom. The summed E-state index contributed by atoms with van der Waals surface area (Å²) in [7, 11) is -3.81. The molecule has 3 rings (SSSR count). The number of carbonyl (C=O) groups is 1. The van der Waals surface area contributed by atoms with Gasteiger partial charge in [-0.05, 0) is 49.4 Å². The monoisotopic (exact) mass is 473 g/mol. The summed E-state index contributed by atoms with van der Waals surface area (Å²) in [5.74, 6) is 0.800. The third kappa shape index (κ3) is 6.68. The van der Waals surface area contributed by atoms with Crippen LogP contribution in [0.5, 0.6) is 0 Å². The van der Waals surface area contributed by atoms with E-state index in [1.807, 2.05) is 30.9 Å². The standard InChI is InChI=1S/C24H35N5O3S/c1-5-18(4)27-24(30)22-15-20(16-26-23(22)29-12-10-25-11-13-29)28-33(31,32)21-8-6-19(7-9-21)14-17(2)3/h6-9,15-18,25,28H,5,10-14H2,1-4H3,(H,27,30)/t18-/m0/s1. The fourth-order valence-corrected chi connectivity index (χ4v) is 4.74. The van der Waals surface area contributed by atoms with E-state index in [0.29, 0.717) is 17.3 Å². The highest BCUT2D eigenvalue weighted by Crippen LogP contribution is 2.24. The molecule has 1 aromatic heterocycles. The Hall–Kier alpha value is -2.65. The Bertz CT molecular complexity index is 1050. The van der Waals surface area contributed by atoms with Gasteiger partial charge in [0.1, 0.15) is 5.82 Å². The van der Waals surface area contributed by atoms with Gasteiger partial charge in [-0.15, -0.1) is 0 Å². The molecule has 0 spiro atoms. The number of hydrogen-bond donors (Lipinski definition) is 3. The minimum Gasteiger partial charge on any atom is -0.353 e. The number of pyridine rings is 1. The summed E-state index contributed by atoms with van der Waals surface area (Å²) in [4.78, 5) is 19.7. The predicted molar refractivity (Wildman–Crippen MR) is 132 cm³/mol. The Morgan fingerprint density at radius 3 is 2.42 bits per heavy atom. The molecule has 9 heteroatoms. The number of hydrogen-bond acceptors (Lipinski definition) is 6. The highest BCUT2D eigenvalue weighted by Gasteiger charge is 2.23. The SMILES string of the molecule is CC[C@H](C)NC(=O)c1cc(NS(=O)(=O)c2ccc(CC(C)C)cc2)cnc1N1CCNCC1. The van der Waals surface area contributed by atoms with Crippen molar-refractivity contribution < 1.29 is 13.2 Å². The van der Waals surface area contributed by atoms with E-state index in [1.165, 1.54) is 6.20 Å². The fraction of sp³-hybridized carbons (Fsp3) is 0.500. The second-order valence-corrected chi connectivity index (χ2v) is 10.6. The summed E-state index contributed by atoms with van der Waals surface area (Å²) in [6.07, 6.45) is 3.16. The van der Waals surface area contributed by atoms with E-state index in [0.717, 1.165) is 44.6 Å². The molecule has 1 aromatic carbocycles. The average Bonchev–Trinajstić information content (AvgIpc) is 2.79. The lowest BCUT2D eigenvalue weighted by atomic mass is 10.0. The van der Waals surface area contributed by atoms with E-state index < -0.39 is 10.0 Å². The van der Waals surface area contributed by atoms with Gasteiger partial charge in [0.2, 0.25) is 0 Å². The minimum atomic E-state index is -3.81. The number of nitrogens with one attached hydrogen (secondary N) is 3. The first kappa shape index (κ1) is 25.0. The second-order valence-electron chi connectivity index (χ2n) is 8.96. The number of anilines is 2. The maximum absolute atomic E-state index is 13.0. The number of sulfonamides is 1. The summed E-state index contributed by atoms with van der Waals surface area (Å²) in [5.41, 5.74) is 1.72. The Kier molecular flexibility index (Phi) is 8.31. The smallest absolute Gasteiger partial charge is 0.261 e. The first-order valence-electron chi connectivity index (χ1n) is 11.6. The number of amides is 1. The van der Waals surface area contributed by atoms with Crippen LogP contribution in [0.2, 0.25) is 0 Å². The van der Waals surface area contributed by atoms with Crippen molar-refractivity contribution in [3.63, 3.8) is 0 Å². The Balaban J connectivity index is 1.87. The van der Waals surface area contributed by atoms with E-state index in [4.69, 9.17) is 0 Å². The first-order valence-corrected chi connectivity index (χ1v) is 13.1. The van der Waals surface area contributed by atoms with Gasteiger partial charge in [-0.25, -0.2) is 13.4 Å². The number of nitrogens with zero attached hydrogens (tertiary/aromatic N) is 2. The largest absolute Gasteiger partial charge is 0.353 e. The highest BCUT2D eigenvalue weighted by molar-refractivity contribution is 7.92. The molecular formula is C24H35N5O3S.